The molecule has 3 aromatic rings. The number of aromatic carboxylic acids is 1. The Morgan fingerprint density at radius 2 is 1.77 bits per heavy atom. The van der Waals surface area contributed by atoms with E-state index in [1.807, 2.05) is 0 Å². The minimum atomic E-state index is -3.47. The van der Waals surface area contributed by atoms with Crippen molar-refractivity contribution in [1.29, 1.82) is 0 Å². The SMILES string of the molecule is CN(c1ccccc1Nc1nc(Nc2ccc(C(=O)O)cc2)ncc1Cl)S(C)(=O)=O. The van der Waals surface area contributed by atoms with Crippen LogP contribution in [0.3, 0.4) is 0 Å². The monoisotopic (exact) mass is 447 g/mol. The lowest BCUT2D eigenvalue weighted by atomic mass is 10.2. The number of sulfonamides is 1. The van der Waals surface area contributed by atoms with Gasteiger partial charge in [0.2, 0.25) is 16.0 Å². The van der Waals surface area contributed by atoms with Gasteiger partial charge >= 0.3 is 5.97 Å². The van der Waals surface area contributed by atoms with Gasteiger partial charge in [0, 0.05) is 12.7 Å². The van der Waals surface area contributed by atoms with Crippen molar-refractivity contribution in [3.05, 3.63) is 65.3 Å². The number of hydrogen-bond donors (Lipinski definition) is 3. The summed E-state index contributed by atoms with van der Waals surface area (Å²) < 4.78 is 25.0. The molecule has 0 atom stereocenters. The number of benzene rings is 2. The smallest absolute Gasteiger partial charge is 0.335 e. The van der Waals surface area contributed by atoms with E-state index < -0.39 is 16.0 Å². The van der Waals surface area contributed by atoms with Crippen LogP contribution in [-0.4, -0.2) is 42.8 Å². The van der Waals surface area contributed by atoms with Gasteiger partial charge in [-0.05, 0) is 36.4 Å². The van der Waals surface area contributed by atoms with Crippen LogP contribution < -0.4 is 14.9 Å². The Morgan fingerprint density at radius 3 is 2.40 bits per heavy atom. The lowest BCUT2D eigenvalue weighted by Crippen LogP contribution is -2.25. The van der Waals surface area contributed by atoms with Crippen LogP contribution in [-0.2, 0) is 10.0 Å². The average molecular weight is 448 g/mol. The van der Waals surface area contributed by atoms with Crippen LogP contribution >= 0.6 is 11.6 Å². The zero-order valence-electron chi connectivity index (χ0n) is 16.0. The number of nitrogens with one attached hydrogen (secondary N) is 2. The molecule has 0 aliphatic rings. The van der Waals surface area contributed by atoms with Gasteiger partial charge in [-0.15, -0.1) is 0 Å². The summed E-state index contributed by atoms with van der Waals surface area (Å²) in [4.78, 5) is 19.4. The molecule has 2 aromatic carbocycles. The topological polar surface area (TPSA) is 125 Å². The van der Waals surface area contributed by atoms with E-state index in [2.05, 4.69) is 20.6 Å². The first-order chi connectivity index (χ1) is 14.1. The van der Waals surface area contributed by atoms with E-state index in [4.69, 9.17) is 16.7 Å². The number of carboxylic acid groups (broad SMARTS) is 1. The Bertz CT molecular complexity index is 1190. The number of halogens is 1. The highest BCUT2D eigenvalue weighted by molar-refractivity contribution is 7.92. The van der Waals surface area contributed by atoms with Crippen LogP contribution in [0.2, 0.25) is 5.02 Å². The minimum Gasteiger partial charge on any atom is -0.478 e. The highest BCUT2D eigenvalue weighted by atomic mass is 35.5. The third kappa shape index (κ3) is 4.97. The quantitative estimate of drug-likeness (QED) is 0.500. The van der Waals surface area contributed by atoms with Crippen LogP contribution in [0.1, 0.15) is 10.4 Å². The summed E-state index contributed by atoms with van der Waals surface area (Å²) >= 11 is 6.21. The Labute approximate surface area is 178 Å². The molecule has 0 aliphatic heterocycles. The maximum atomic E-state index is 11.9. The van der Waals surface area contributed by atoms with E-state index >= 15 is 0 Å². The Morgan fingerprint density at radius 1 is 1.10 bits per heavy atom. The summed E-state index contributed by atoms with van der Waals surface area (Å²) in [5, 5.41) is 15.2. The first-order valence-electron chi connectivity index (χ1n) is 8.58. The Kier molecular flexibility index (Phi) is 6.09. The number of rotatable bonds is 7. The number of nitrogens with zero attached hydrogens (tertiary/aromatic N) is 3. The second-order valence-electron chi connectivity index (χ2n) is 6.27. The average Bonchev–Trinajstić information content (AvgIpc) is 2.70. The van der Waals surface area contributed by atoms with Crippen LogP contribution in [0.4, 0.5) is 28.8 Å². The molecule has 156 valence electrons. The number of carboxylic acids is 1. The molecule has 0 saturated heterocycles. The minimum absolute atomic E-state index is 0.159. The first kappa shape index (κ1) is 21.3. The number of para-hydroxylation sites is 2. The largest absolute Gasteiger partial charge is 0.478 e. The fraction of sp³-hybridized carbons (Fsp3) is 0.105. The molecule has 0 aliphatic carbocycles. The van der Waals surface area contributed by atoms with Gasteiger partial charge in [-0.3, -0.25) is 4.31 Å². The van der Waals surface area contributed by atoms with Gasteiger partial charge in [0.15, 0.2) is 5.82 Å². The summed E-state index contributed by atoms with van der Waals surface area (Å²) in [6, 6.07) is 12.9. The van der Waals surface area contributed by atoms with Crippen molar-refractivity contribution in [2.45, 2.75) is 0 Å². The Hall–Kier alpha value is -3.37. The number of anilines is 5. The van der Waals surface area contributed by atoms with Gasteiger partial charge in [0.05, 0.1) is 29.4 Å². The van der Waals surface area contributed by atoms with E-state index in [1.54, 1.807) is 36.4 Å². The molecule has 3 N–H and O–H groups in total. The molecule has 0 bridgehead atoms. The van der Waals surface area contributed by atoms with E-state index in [0.29, 0.717) is 17.1 Å². The van der Waals surface area contributed by atoms with E-state index in [0.717, 1.165) is 10.6 Å². The van der Waals surface area contributed by atoms with Crippen LogP contribution in [0, 0.1) is 0 Å². The van der Waals surface area contributed by atoms with Crippen LogP contribution in [0.25, 0.3) is 0 Å². The standard InChI is InChI=1S/C19H18ClN5O4S/c1-25(30(2,28)29)16-6-4-3-5-15(16)23-17-14(20)11-21-19(24-17)22-13-9-7-12(8-10-13)18(26)27/h3-11H,1-2H3,(H,26,27)(H2,21,22,23,24). The molecular formula is C19H18ClN5O4S. The predicted molar refractivity (Wildman–Crippen MR) is 117 cm³/mol. The number of aromatic nitrogens is 2. The van der Waals surface area contributed by atoms with Gasteiger partial charge in [0.25, 0.3) is 0 Å². The molecular weight excluding hydrogens is 430 g/mol. The van der Waals surface area contributed by atoms with Crippen molar-refractivity contribution in [2.75, 3.05) is 28.2 Å². The van der Waals surface area contributed by atoms with Crippen LogP contribution in [0.15, 0.2) is 54.7 Å². The molecule has 0 fully saturated rings. The molecule has 3 rings (SSSR count). The van der Waals surface area contributed by atoms with Gasteiger partial charge in [-0.2, -0.15) is 4.98 Å². The zero-order valence-corrected chi connectivity index (χ0v) is 17.6. The molecule has 9 nitrogen and oxygen atoms in total. The van der Waals surface area contributed by atoms with E-state index in [-0.39, 0.29) is 22.4 Å². The molecule has 0 amide bonds. The second kappa shape index (κ2) is 8.56. The van der Waals surface area contributed by atoms with Gasteiger partial charge < -0.3 is 15.7 Å². The third-order valence-corrected chi connectivity index (χ3v) is 5.59. The molecule has 0 unspecified atom stereocenters. The molecule has 0 saturated carbocycles. The molecule has 30 heavy (non-hydrogen) atoms. The lowest BCUT2D eigenvalue weighted by molar-refractivity contribution is 0.0697. The van der Waals surface area contributed by atoms with Crippen LogP contribution in [0.5, 0.6) is 0 Å². The normalized spacial score (nSPS) is 11.0. The third-order valence-electron chi connectivity index (χ3n) is 4.13. The molecule has 1 aromatic heterocycles. The van der Waals surface area contributed by atoms with Crippen molar-refractivity contribution in [3.8, 4) is 0 Å². The number of carbonyl (C=O) groups is 1. The van der Waals surface area contributed by atoms with Crippen molar-refractivity contribution in [1.82, 2.24) is 9.97 Å². The summed E-state index contributed by atoms with van der Waals surface area (Å²) in [5.41, 5.74) is 1.66. The summed E-state index contributed by atoms with van der Waals surface area (Å²) in [6.07, 6.45) is 2.51. The van der Waals surface area contributed by atoms with Crippen molar-refractivity contribution >= 4 is 56.4 Å². The maximum absolute atomic E-state index is 11.9. The summed E-state index contributed by atoms with van der Waals surface area (Å²) in [6.45, 7) is 0. The van der Waals surface area contributed by atoms with E-state index in [1.165, 1.54) is 25.4 Å². The lowest BCUT2D eigenvalue weighted by Gasteiger charge is -2.21. The Balaban J connectivity index is 1.87. The molecule has 11 heteroatoms. The summed E-state index contributed by atoms with van der Waals surface area (Å²) in [7, 11) is -2.02. The zero-order chi connectivity index (χ0) is 21.9. The molecule has 0 radical (unpaired) electrons. The first-order valence-corrected chi connectivity index (χ1v) is 10.8. The van der Waals surface area contributed by atoms with Gasteiger partial charge in [-0.1, -0.05) is 23.7 Å². The highest BCUT2D eigenvalue weighted by Gasteiger charge is 2.17. The fourth-order valence-corrected chi connectivity index (χ4v) is 3.16. The maximum Gasteiger partial charge on any atom is 0.335 e. The van der Waals surface area contributed by atoms with Crippen molar-refractivity contribution < 1.29 is 18.3 Å². The predicted octanol–water partition coefficient (Wildman–Crippen LogP) is 3.71. The van der Waals surface area contributed by atoms with Gasteiger partial charge in [-0.25, -0.2) is 18.2 Å². The fourth-order valence-electron chi connectivity index (χ4n) is 2.50. The van der Waals surface area contributed by atoms with Crippen molar-refractivity contribution in [2.24, 2.45) is 0 Å². The highest BCUT2D eigenvalue weighted by Crippen LogP contribution is 2.31. The van der Waals surface area contributed by atoms with E-state index in [9.17, 15) is 13.2 Å². The molecule has 1 heterocycles. The summed E-state index contributed by atoms with van der Waals surface area (Å²) in [5.74, 6) is -0.530. The van der Waals surface area contributed by atoms with Gasteiger partial charge in [0.1, 0.15) is 5.02 Å². The second-order valence-corrected chi connectivity index (χ2v) is 8.69. The van der Waals surface area contributed by atoms with Crippen molar-refractivity contribution in [3.63, 3.8) is 0 Å². The molecule has 0 spiro atoms. The number of hydrogen-bond acceptors (Lipinski definition) is 7.